The largest absolute Gasteiger partial charge is 0.345 e. The van der Waals surface area contributed by atoms with Gasteiger partial charge in [0.25, 0.3) is 5.91 Å². The van der Waals surface area contributed by atoms with Crippen molar-refractivity contribution < 1.29 is 13.6 Å². The first-order valence-electron chi connectivity index (χ1n) is 8.53. The van der Waals surface area contributed by atoms with Crippen LogP contribution in [0.5, 0.6) is 0 Å². The molecule has 0 bridgehead atoms. The van der Waals surface area contributed by atoms with Gasteiger partial charge in [-0.2, -0.15) is 0 Å². The van der Waals surface area contributed by atoms with Gasteiger partial charge in [0.1, 0.15) is 5.52 Å². The zero-order valence-electron chi connectivity index (χ0n) is 15.0. The maximum absolute atomic E-state index is 13.8. The van der Waals surface area contributed by atoms with Crippen molar-refractivity contribution in [2.75, 3.05) is 0 Å². The van der Waals surface area contributed by atoms with Crippen LogP contribution in [0.1, 0.15) is 29.9 Å². The Morgan fingerprint density at radius 3 is 2.70 bits per heavy atom. The third kappa shape index (κ3) is 4.53. The number of halogens is 2. The van der Waals surface area contributed by atoms with Gasteiger partial charge < -0.3 is 5.32 Å². The molecule has 0 aliphatic heterocycles. The molecule has 1 amide bonds. The van der Waals surface area contributed by atoms with Crippen LogP contribution >= 0.6 is 0 Å². The van der Waals surface area contributed by atoms with Crippen LogP contribution in [-0.2, 0) is 6.42 Å². The van der Waals surface area contributed by atoms with Crippen molar-refractivity contribution in [3.8, 4) is 0 Å². The fourth-order valence-electron chi connectivity index (χ4n) is 2.82. The third-order valence-electron chi connectivity index (χ3n) is 4.01. The van der Waals surface area contributed by atoms with Gasteiger partial charge in [0.2, 0.25) is 0 Å². The first kappa shape index (κ1) is 18.6. The molecule has 0 fully saturated rings. The molecule has 2 aromatic heterocycles. The molecule has 0 aliphatic rings. The van der Waals surface area contributed by atoms with Gasteiger partial charge in [-0.05, 0) is 44.2 Å². The monoisotopic (exact) mass is 367 g/mol. The molecule has 6 heteroatoms. The molecule has 138 valence electrons. The number of carbonyl (C=O) groups is 1. The Kier molecular flexibility index (Phi) is 5.54. The summed E-state index contributed by atoms with van der Waals surface area (Å²) < 4.78 is 27.1. The highest BCUT2D eigenvalue weighted by Crippen LogP contribution is 2.19. The van der Waals surface area contributed by atoms with Gasteiger partial charge in [0, 0.05) is 29.9 Å². The van der Waals surface area contributed by atoms with E-state index >= 15 is 0 Å². The molecule has 0 saturated carbocycles. The van der Waals surface area contributed by atoms with Crippen molar-refractivity contribution in [2.45, 2.75) is 26.3 Å². The zero-order valence-corrected chi connectivity index (χ0v) is 15.0. The number of hydrogen-bond donors (Lipinski definition) is 1. The summed E-state index contributed by atoms with van der Waals surface area (Å²) in [6, 6.07) is 9.30. The van der Waals surface area contributed by atoms with E-state index in [-0.39, 0.29) is 23.0 Å². The highest BCUT2D eigenvalue weighted by atomic mass is 19.2. The fourth-order valence-corrected chi connectivity index (χ4v) is 2.82. The average Bonchev–Trinajstić information content (AvgIpc) is 2.64. The number of amides is 1. The van der Waals surface area contributed by atoms with E-state index < -0.39 is 11.6 Å². The van der Waals surface area contributed by atoms with E-state index in [1.807, 2.05) is 38.1 Å². The van der Waals surface area contributed by atoms with Crippen LogP contribution in [0.2, 0.25) is 0 Å². The standard InChI is InChI=1S/C21H19F2N3O/c1-13(2)9-17(11-16-5-3-4-8-24-16)26-21(27)15-10-14-6-7-18(22)19(23)20(14)25-12-15/h3-10,12,17H,11H2,1-2H3,(H,26,27). The number of allylic oxidation sites excluding steroid dienone is 1. The van der Waals surface area contributed by atoms with Crippen LogP contribution in [-0.4, -0.2) is 21.9 Å². The highest BCUT2D eigenvalue weighted by molar-refractivity contribution is 5.97. The number of benzene rings is 1. The summed E-state index contributed by atoms with van der Waals surface area (Å²) >= 11 is 0. The highest BCUT2D eigenvalue weighted by Gasteiger charge is 2.15. The van der Waals surface area contributed by atoms with E-state index in [4.69, 9.17) is 0 Å². The Morgan fingerprint density at radius 2 is 2.00 bits per heavy atom. The van der Waals surface area contributed by atoms with E-state index in [0.29, 0.717) is 11.8 Å². The van der Waals surface area contributed by atoms with Gasteiger partial charge in [0.05, 0.1) is 11.6 Å². The summed E-state index contributed by atoms with van der Waals surface area (Å²) in [5.74, 6) is -2.32. The molecule has 1 N–H and O–H groups in total. The van der Waals surface area contributed by atoms with Crippen molar-refractivity contribution in [1.82, 2.24) is 15.3 Å². The molecule has 4 nitrogen and oxygen atoms in total. The summed E-state index contributed by atoms with van der Waals surface area (Å²) in [5.41, 5.74) is 2.10. The molecular weight excluding hydrogens is 348 g/mol. The number of carbonyl (C=O) groups excluding carboxylic acids is 1. The normalized spacial score (nSPS) is 11.9. The Balaban J connectivity index is 1.83. The smallest absolute Gasteiger partial charge is 0.253 e. The molecule has 3 aromatic rings. The molecule has 1 atom stereocenters. The van der Waals surface area contributed by atoms with Crippen molar-refractivity contribution in [1.29, 1.82) is 0 Å². The lowest BCUT2D eigenvalue weighted by Crippen LogP contribution is -2.35. The molecule has 0 spiro atoms. The minimum absolute atomic E-state index is 0.0964. The first-order valence-corrected chi connectivity index (χ1v) is 8.53. The number of nitrogens with one attached hydrogen (secondary N) is 1. The van der Waals surface area contributed by atoms with Crippen LogP contribution in [0.25, 0.3) is 10.9 Å². The summed E-state index contributed by atoms with van der Waals surface area (Å²) in [4.78, 5) is 20.9. The summed E-state index contributed by atoms with van der Waals surface area (Å²) in [6.45, 7) is 3.90. The van der Waals surface area contributed by atoms with Crippen LogP contribution < -0.4 is 5.32 Å². The van der Waals surface area contributed by atoms with Crippen LogP contribution in [0.15, 0.2) is 60.4 Å². The molecule has 2 heterocycles. The average molecular weight is 367 g/mol. The van der Waals surface area contributed by atoms with Gasteiger partial charge in [0.15, 0.2) is 11.6 Å². The lowest BCUT2D eigenvalue weighted by atomic mass is 10.1. The maximum atomic E-state index is 13.8. The molecule has 0 radical (unpaired) electrons. The van der Waals surface area contributed by atoms with Crippen molar-refractivity contribution >= 4 is 16.8 Å². The fraction of sp³-hybridized carbons (Fsp3) is 0.190. The minimum Gasteiger partial charge on any atom is -0.345 e. The van der Waals surface area contributed by atoms with Crippen molar-refractivity contribution in [3.63, 3.8) is 0 Å². The van der Waals surface area contributed by atoms with Gasteiger partial charge in [-0.1, -0.05) is 17.7 Å². The van der Waals surface area contributed by atoms with Crippen LogP contribution in [0, 0.1) is 11.6 Å². The van der Waals surface area contributed by atoms with E-state index in [9.17, 15) is 13.6 Å². The third-order valence-corrected chi connectivity index (χ3v) is 4.01. The molecule has 0 saturated heterocycles. The Labute approximate surface area is 156 Å². The van der Waals surface area contributed by atoms with Crippen LogP contribution in [0.3, 0.4) is 0 Å². The van der Waals surface area contributed by atoms with Crippen LogP contribution in [0.4, 0.5) is 8.78 Å². The minimum atomic E-state index is -1.02. The number of pyridine rings is 2. The van der Waals surface area contributed by atoms with E-state index in [1.165, 1.54) is 18.3 Å². The van der Waals surface area contributed by atoms with Crippen molar-refractivity contribution in [2.24, 2.45) is 0 Å². The molecule has 3 rings (SSSR count). The Bertz CT molecular complexity index is 999. The molecular formula is C21H19F2N3O. The summed E-state index contributed by atoms with van der Waals surface area (Å²) in [7, 11) is 0. The topological polar surface area (TPSA) is 54.9 Å². The predicted octanol–water partition coefficient (Wildman–Crippen LogP) is 4.22. The molecule has 1 unspecified atom stereocenters. The van der Waals surface area contributed by atoms with E-state index in [1.54, 1.807) is 6.20 Å². The summed E-state index contributed by atoms with van der Waals surface area (Å²) in [6.07, 6.45) is 5.45. The molecule has 27 heavy (non-hydrogen) atoms. The lowest BCUT2D eigenvalue weighted by molar-refractivity contribution is 0.0944. The predicted molar refractivity (Wildman–Crippen MR) is 100 cm³/mol. The summed E-state index contributed by atoms with van der Waals surface area (Å²) in [5, 5.41) is 3.31. The van der Waals surface area contributed by atoms with Gasteiger partial charge in [-0.25, -0.2) is 8.78 Å². The Hall–Kier alpha value is -3.15. The second-order valence-corrected chi connectivity index (χ2v) is 6.51. The second-order valence-electron chi connectivity index (χ2n) is 6.51. The van der Waals surface area contributed by atoms with E-state index in [0.717, 1.165) is 17.3 Å². The number of rotatable bonds is 5. The van der Waals surface area contributed by atoms with Gasteiger partial charge in [-0.3, -0.25) is 14.8 Å². The first-order chi connectivity index (χ1) is 12.9. The number of aromatic nitrogens is 2. The quantitative estimate of drug-likeness (QED) is 0.687. The zero-order chi connectivity index (χ0) is 19.4. The van der Waals surface area contributed by atoms with E-state index in [2.05, 4.69) is 15.3 Å². The van der Waals surface area contributed by atoms with Gasteiger partial charge >= 0.3 is 0 Å². The second kappa shape index (κ2) is 8.03. The number of fused-ring (bicyclic) bond motifs is 1. The Morgan fingerprint density at radius 1 is 1.19 bits per heavy atom. The SMILES string of the molecule is CC(C)=CC(Cc1ccccn1)NC(=O)c1cnc2c(F)c(F)ccc2c1. The molecule has 0 aliphatic carbocycles. The number of hydrogen-bond acceptors (Lipinski definition) is 3. The maximum Gasteiger partial charge on any atom is 0.253 e. The molecule has 1 aromatic carbocycles. The lowest BCUT2D eigenvalue weighted by Gasteiger charge is -2.16. The number of nitrogens with zero attached hydrogens (tertiary/aromatic N) is 2. The van der Waals surface area contributed by atoms with Crippen molar-refractivity contribution in [3.05, 3.63) is 83.3 Å². The van der Waals surface area contributed by atoms with Gasteiger partial charge in [-0.15, -0.1) is 0 Å².